The van der Waals surface area contributed by atoms with Crippen molar-refractivity contribution in [2.75, 3.05) is 0 Å². The average molecular weight is 413 g/mol. The maximum absolute atomic E-state index is 14.2. The van der Waals surface area contributed by atoms with E-state index in [9.17, 15) is 18.7 Å². The Labute approximate surface area is 174 Å². The summed E-state index contributed by atoms with van der Waals surface area (Å²) in [6.07, 6.45) is 0. The molecule has 0 radical (unpaired) electrons. The number of carboxylic acids is 1. The lowest BCUT2D eigenvalue weighted by molar-refractivity contribution is 0.0693. The number of carbonyl (C=O) groups is 1. The predicted molar refractivity (Wildman–Crippen MR) is 113 cm³/mol. The van der Waals surface area contributed by atoms with Gasteiger partial charge in [-0.3, -0.25) is 0 Å². The van der Waals surface area contributed by atoms with Crippen LogP contribution < -0.4 is 0 Å². The van der Waals surface area contributed by atoms with E-state index in [4.69, 9.17) is 0 Å². The van der Waals surface area contributed by atoms with Crippen LogP contribution in [0.25, 0.3) is 44.2 Å². The molecule has 5 rings (SSSR count). The Hall–Kier alpha value is -4.26. The summed E-state index contributed by atoms with van der Waals surface area (Å²) in [7, 11) is 0. The molecule has 0 aliphatic heterocycles. The molecule has 5 nitrogen and oxygen atoms in total. The van der Waals surface area contributed by atoms with Gasteiger partial charge in [0.1, 0.15) is 0 Å². The second kappa shape index (κ2) is 7.21. The van der Waals surface area contributed by atoms with Crippen molar-refractivity contribution in [2.45, 2.75) is 0 Å². The number of hydrogen-bond acceptors (Lipinski definition) is 4. The van der Waals surface area contributed by atoms with Crippen LogP contribution in [-0.4, -0.2) is 26.0 Å². The van der Waals surface area contributed by atoms with Gasteiger partial charge in [-0.15, -0.1) is 0 Å². The highest BCUT2D eigenvalue weighted by Gasteiger charge is 2.17. The van der Waals surface area contributed by atoms with Crippen LogP contribution in [0.3, 0.4) is 0 Å². The van der Waals surface area contributed by atoms with Crippen molar-refractivity contribution in [3.63, 3.8) is 0 Å². The zero-order valence-electron chi connectivity index (χ0n) is 15.9. The van der Waals surface area contributed by atoms with Gasteiger partial charge in [0.2, 0.25) is 11.9 Å². The summed E-state index contributed by atoms with van der Waals surface area (Å²) in [6, 6.07) is 20.0. The van der Waals surface area contributed by atoms with Gasteiger partial charge in [-0.25, -0.2) is 14.8 Å². The minimum atomic E-state index is -1.13. The molecule has 7 heteroatoms. The largest absolute Gasteiger partial charge is 0.476 e. The first-order valence-electron chi connectivity index (χ1n) is 9.37. The molecule has 2 aromatic carbocycles. The number of para-hydroxylation sites is 1. The standard InChI is InChI=1S/C24H13F2N3O2/c25-20-12-11-17(23(26)28-20)19-10-4-9-18(27-19)16-8-3-7-14-13-5-1-2-6-15(13)22(24(30)31)29-21(14)16/h1-12H,(H,30,31). The lowest BCUT2D eigenvalue weighted by Crippen LogP contribution is -2.03. The van der Waals surface area contributed by atoms with Gasteiger partial charge in [0, 0.05) is 16.3 Å². The highest BCUT2D eigenvalue weighted by atomic mass is 19.1. The molecule has 0 bridgehead atoms. The van der Waals surface area contributed by atoms with Gasteiger partial charge in [-0.05, 0) is 29.7 Å². The minimum absolute atomic E-state index is 0.0551. The van der Waals surface area contributed by atoms with Crippen molar-refractivity contribution in [3.05, 3.63) is 90.4 Å². The van der Waals surface area contributed by atoms with Gasteiger partial charge in [0.05, 0.1) is 22.5 Å². The van der Waals surface area contributed by atoms with E-state index in [2.05, 4.69) is 15.0 Å². The van der Waals surface area contributed by atoms with Crippen LogP contribution in [-0.2, 0) is 0 Å². The third-order valence-electron chi connectivity index (χ3n) is 5.05. The second-order valence-electron chi connectivity index (χ2n) is 6.89. The fraction of sp³-hybridized carbons (Fsp3) is 0. The summed E-state index contributed by atoms with van der Waals surface area (Å²) in [5, 5.41) is 11.8. The molecular weight excluding hydrogens is 400 g/mol. The number of carboxylic acid groups (broad SMARTS) is 1. The Morgan fingerprint density at radius 1 is 0.677 bits per heavy atom. The van der Waals surface area contributed by atoms with Gasteiger partial charge < -0.3 is 5.11 Å². The molecular formula is C24H13F2N3O2. The predicted octanol–water partition coefficient (Wildman–Crippen LogP) is 5.49. The van der Waals surface area contributed by atoms with Crippen LogP contribution >= 0.6 is 0 Å². The van der Waals surface area contributed by atoms with Gasteiger partial charge in [0.25, 0.3) is 0 Å². The van der Waals surface area contributed by atoms with Crippen molar-refractivity contribution in [1.82, 2.24) is 15.0 Å². The quantitative estimate of drug-likeness (QED) is 0.313. The van der Waals surface area contributed by atoms with Gasteiger partial charge >= 0.3 is 5.97 Å². The summed E-state index contributed by atoms with van der Waals surface area (Å²) in [5.41, 5.74) is 1.84. The smallest absolute Gasteiger partial charge is 0.355 e. The summed E-state index contributed by atoms with van der Waals surface area (Å²) in [5.74, 6) is -3.00. The van der Waals surface area contributed by atoms with E-state index in [0.29, 0.717) is 22.2 Å². The molecule has 0 saturated carbocycles. The lowest BCUT2D eigenvalue weighted by atomic mass is 9.99. The van der Waals surface area contributed by atoms with Gasteiger partial charge in [0.15, 0.2) is 5.69 Å². The van der Waals surface area contributed by atoms with E-state index < -0.39 is 17.9 Å². The van der Waals surface area contributed by atoms with Crippen molar-refractivity contribution in [1.29, 1.82) is 0 Å². The fourth-order valence-corrected chi connectivity index (χ4v) is 3.69. The third-order valence-corrected chi connectivity index (χ3v) is 5.05. The van der Waals surface area contributed by atoms with Crippen molar-refractivity contribution < 1.29 is 18.7 Å². The van der Waals surface area contributed by atoms with Crippen LogP contribution in [0.15, 0.2) is 72.8 Å². The summed E-state index contributed by atoms with van der Waals surface area (Å²) >= 11 is 0. The Kier molecular flexibility index (Phi) is 4.36. The number of aromatic carboxylic acids is 1. The fourth-order valence-electron chi connectivity index (χ4n) is 3.69. The van der Waals surface area contributed by atoms with Crippen LogP contribution in [0.4, 0.5) is 8.78 Å². The van der Waals surface area contributed by atoms with E-state index in [1.54, 1.807) is 36.4 Å². The number of aromatic nitrogens is 3. The van der Waals surface area contributed by atoms with E-state index >= 15 is 0 Å². The van der Waals surface area contributed by atoms with Crippen molar-refractivity contribution in [3.8, 4) is 22.5 Å². The molecule has 3 heterocycles. The Morgan fingerprint density at radius 2 is 1.35 bits per heavy atom. The average Bonchev–Trinajstić information content (AvgIpc) is 2.78. The monoisotopic (exact) mass is 413 g/mol. The molecule has 150 valence electrons. The minimum Gasteiger partial charge on any atom is -0.476 e. The number of hydrogen-bond donors (Lipinski definition) is 1. The zero-order valence-corrected chi connectivity index (χ0v) is 15.9. The molecule has 0 amide bonds. The molecule has 0 spiro atoms. The third kappa shape index (κ3) is 3.16. The summed E-state index contributed by atoms with van der Waals surface area (Å²) in [4.78, 5) is 24.0. The first-order chi connectivity index (χ1) is 15.0. The summed E-state index contributed by atoms with van der Waals surface area (Å²) < 4.78 is 27.4. The molecule has 31 heavy (non-hydrogen) atoms. The van der Waals surface area contributed by atoms with E-state index in [0.717, 1.165) is 16.8 Å². The van der Waals surface area contributed by atoms with Crippen LogP contribution in [0, 0.1) is 11.9 Å². The van der Waals surface area contributed by atoms with Crippen LogP contribution in [0.1, 0.15) is 10.5 Å². The molecule has 0 unspecified atom stereocenters. The number of rotatable bonds is 3. The number of pyridine rings is 3. The highest BCUT2D eigenvalue weighted by molar-refractivity contribution is 6.15. The first kappa shape index (κ1) is 18.7. The number of fused-ring (bicyclic) bond motifs is 3. The Balaban J connectivity index is 1.77. The topological polar surface area (TPSA) is 76.0 Å². The molecule has 3 aromatic heterocycles. The zero-order chi connectivity index (χ0) is 21.5. The maximum Gasteiger partial charge on any atom is 0.355 e. The molecule has 0 aliphatic rings. The van der Waals surface area contributed by atoms with Crippen LogP contribution in [0.5, 0.6) is 0 Å². The molecule has 0 atom stereocenters. The van der Waals surface area contributed by atoms with Crippen LogP contribution in [0.2, 0.25) is 0 Å². The van der Waals surface area contributed by atoms with E-state index in [-0.39, 0.29) is 17.0 Å². The molecule has 5 aromatic rings. The first-order valence-corrected chi connectivity index (χ1v) is 9.37. The molecule has 1 N–H and O–H groups in total. The molecule has 0 aliphatic carbocycles. The van der Waals surface area contributed by atoms with E-state index in [1.165, 1.54) is 6.07 Å². The van der Waals surface area contributed by atoms with E-state index in [1.807, 2.05) is 24.3 Å². The number of benzene rings is 2. The van der Waals surface area contributed by atoms with Crippen molar-refractivity contribution >= 4 is 27.6 Å². The normalized spacial score (nSPS) is 11.2. The molecule has 0 saturated heterocycles. The van der Waals surface area contributed by atoms with Gasteiger partial charge in [-0.1, -0.05) is 48.5 Å². The SMILES string of the molecule is O=C(O)c1nc2c(-c3cccc(-c4ccc(F)nc4F)n3)cccc2c2ccccc12. The number of halogens is 2. The number of nitrogens with zero attached hydrogens (tertiary/aromatic N) is 3. The highest BCUT2D eigenvalue weighted by Crippen LogP contribution is 2.33. The molecule has 0 fully saturated rings. The summed E-state index contributed by atoms with van der Waals surface area (Å²) in [6.45, 7) is 0. The Morgan fingerprint density at radius 3 is 2.10 bits per heavy atom. The Bertz CT molecular complexity index is 1500. The van der Waals surface area contributed by atoms with Crippen molar-refractivity contribution in [2.24, 2.45) is 0 Å². The lowest BCUT2D eigenvalue weighted by Gasteiger charge is -2.11. The van der Waals surface area contributed by atoms with Gasteiger partial charge in [-0.2, -0.15) is 13.8 Å². The maximum atomic E-state index is 14.2. The second-order valence-corrected chi connectivity index (χ2v) is 6.89.